The van der Waals surface area contributed by atoms with Crippen LogP contribution in [0.5, 0.6) is 0 Å². The van der Waals surface area contributed by atoms with Crippen molar-refractivity contribution in [1.82, 2.24) is 24.6 Å². The molecule has 7 nitrogen and oxygen atoms in total. The molecule has 1 aliphatic heterocycles. The third-order valence-electron chi connectivity index (χ3n) is 5.92. The fourth-order valence-corrected chi connectivity index (χ4v) is 6.30. The van der Waals surface area contributed by atoms with Crippen molar-refractivity contribution in [1.29, 1.82) is 0 Å². The Bertz CT molecular complexity index is 1500. The van der Waals surface area contributed by atoms with E-state index in [1.165, 1.54) is 11.3 Å². The average molecular weight is 495 g/mol. The first-order chi connectivity index (χ1) is 16.1. The summed E-state index contributed by atoms with van der Waals surface area (Å²) in [4.78, 5) is 29.0. The van der Waals surface area contributed by atoms with Gasteiger partial charge in [0.2, 0.25) is 0 Å². The molecule has 0 bridgehead atoms. The predicted molar refractivity (Wildman–Crippen MR) is 134 cm³/mol. The van der Waals surface area contributed by atoms with Crippen LogP contribution >= 0.6 is 34.3 Å². The lowest BCUT2D eigenvalue weighted by Gasteiger charge is -2.35. The first kappa shape index (κ1) is 20.6. The van der Waals surface area contributed by atoms with E-state index in [9.17, 15) is 4.79 Å². The normalized spacial score (nSPS) is 14.5. The van der Waals surface area contributed by atoms with Crippen LogP contribution in [0.25, 0.3) is 26.1 Å². The molecule has 0 atom stereocenters. The molecule has 0 N–H and O–H groups in total. The number of thiophene rings is 2. The summed E-state index contributed by atoms with van der Waals surface area (Å²) in [5, 5.41) is 9.44. The van der Waals surface area contributed by atoms with Gasteiger partial charge in [0, 0.05) is 36.6 Å². The van der Waals surface area contributed by atoms with Gasteiger partial charge in [0.15, 0.2) is 0 Å². The van der Waals surface area contributed by atoms with Gasteiger partial charge in [-0.2, -0.15) is 5.10 Å². The monoisotopic (exact) mass is 494 g/mol. The highest BCUT2D eigenvalue weighted by Crippen LogP contribution is 2.32. The smallest absolute Gasteiger partial charge is 0.264 e. The molecule has 0 spiro atoms. The summed E-state index contributed by atoms with van der Waals surface area (Å²) in [6, 6.07) is 11.6. The molecule has 33 heavy (non-hydrogen) atoms. The molecule has 0 aliphatic carbocycles. The van der Waals surface area contributed by atoms with E-state index in [2.05, 4.69) is 26.0 Å². The summed E-state index contributed by atoms with van der Waals surface area (Å²) in [5.74, 6) is 1.02. The van der Waals surface area contributed by atoms with Gasteiger partial charge >= 0.3 is 0 Å². The van der Waals surface area contributed by atoms with E-state index in [0.29, 0.717) is 18.1 Å². The van der Waals surface area contributed by atoms with E-state index in [1.807, 2.05) is 52.2 Å². The number of anilines is 1. The SMILES string of the molecule is Cc1nn(-c2cccc(Cl)c2)c2sc(C(=O)N3CCN(c4ncnc5sccc45)CC3)cc12. The van der Waals surface area contributed by atoms with Crippen molar-refractivity contribution >= 4 is 66.4 Å². The summed E-state index contributed by atoms with van der Waals surface area (Å²) in [6.45, 7) is 4.77. The fourth-order valence-electron chi connectivity index (χ4n) is 4.24. The van der Waals surface area contributed by atoms with Gasteiger partial charge < -0.3 is 9.80 Å². The molecule has 6 rings (SSSR count). The summed E-state index contributed by atoms with van der Waals surface area (Å²) < 4.78 is 1.87. The van der Waals surface area contributed by atoms with Crippen molar-refractivity contribution < 1.29 is 4.79 Å². The molecule has 0 unspecified atom stereocenters. The number of hydrogen-bond acceptors (Lipinski definition) is 7. The number of fused-ring (bicyclic) bond motifs is 2. The van der Waals surface area contributed by atoms with E-state index < -0.39 is 0 Å². The number of aryl methyl sites for hydroxylation is 1. The molecule has 166 valence electrons. The minimum absolute atomic E-state index is 0.0660. The van der Waals surface area contributed by atoms with Gasteiger partial charge in [-0.05, 0) is 42.6 Å². The third kappa shape index (κ3) is 3.56. The molecule has 5 aromatic rings. The van der Waals surface area contributed by atoms with Gasteiger partial charge in [0.1, 0.15) is 21.8 Å². The summed E-state index contributed by atoms with van der Waals surface area (Å²) >= 11 is 9.28. The number of aromatic nitrogens is 4. The van der Waals surface area contributed by atoms with Crippen LogP contribution in [0.1, 0.15) is 15.4 Å². The molecule has 5 heterocycles. The Labute approximate surface area is 202 Å². The second kappa shape index (κ2) is 8.09. The van der Waals surface area contributed by atoms with Gasteiger partial charge in [-0.1, -0.05) is 17.7 Å². The third-order valence-corrected chi connectivity index (χ3v) is 8.07. The maximum atomic E-state index is 13.3. The van der Waals surface area contributed by atoms with Crippen molar-refractivity contribution in [3.8, 4) is 5.69 Å². The Balaban J connectivity index is 1.24. The number of piperazine rings is 1. The number of nitrogens with zero attached hydrogens (tertiary/aromatic N) is 6. The van der Waals surface area contributed by atoms with Crippen LogP contribution < -0.4 is 4.90 Å². The number of amides is 1. The lowest BCUT2D eigenvalue weighted by molar-refractivity contribution is 0.0751. The molecule has 1 amide bonds. The van der Waals surface area contributed by atoms with E-state index in [4.69, 9.17) is 11.6 Å². The van der Waals surface area contributed by atoms with Gasteiger partial charge in [0.25, 0.3) is 5.91 Å². The number of halogens is 1. The fraction of sp³-hybridized carbons (Fsp3) is 0.217. The molecule has 1 aromatic carbocycles. The van der Waals surface area contributed by atoms with Crippen molar-refractivity contribution in [2.45, 2.75) is 6.92 Å². The Morgan fingerprint density at radius 1 is 1.06 bits per heavy atom. The van der Waals surface area contributed by atoms with Crippen molar-refractivity contribution in [3.63, 3.8) is 0 Å². The second-order valence-electron chi connectivity index (χ2n) is 7.92. The maximum Gasteiger partial charge on any atom is 0.264 e. The first-order valence-electron chi connectivity index (χ1n) is 10.6. The standard InChI is InChI=1S/C23H19ClN6OS2/c1-14-18-12-19(33-23(18)30(27-14)16-4-2-3-15(24)11-16)22(31)29-8-6-28(7-9-29)20-17-5-10-32-21(17)26-13-25-20/h2-5,10-13H,6-9H2,1H3. The zero-order valence-corrected chi connectivity index (χ0v) is 20.1. The quantitative estimate of drug-likeness (QED) is 0.352. The summed E-state index contributed by atoms with van der Waals surface area (Å²) in [7, 11) is 0. The van der Waals surface area contributed by atoms with Crippen LogP contribution in [-0.4, -0.2) is 56.7 Å². The minimum Gasteiger partial charge on any atom is -0.352 e. The molecule has 0 radical (unpaired) electrons. The highest BCUT2D eigenvalue weighted by Gasteiger charge is 2.26. The van der Waals surface area contributed by atoms with E-state index in [0.717, 1.165) is 55.6 Å². The highest BCUT2D eigenvalue weighted by molar-refractivity contribution is 7.20. The zero-order chi connectivity index (χ0) is 22.5. The lowest BCUT2D eigenvalue weighted by atomic mass is 10.2. The van der Waals surface area contributed by atoms with E-state index in [-0.39, 0.29) is 5.91 Å². The first-order valence-corrected chi connectivity index (χ1v) is 12.6. The maximum absolute atomic E-state index is 13.3. The molecular weight excluding hydrogens is 476 g/mol. The van der Waals surface area contributed by atoms with Gasteiger partial charge in [0.05, 0.1) is 21.6 Å². The topological polar surface area (TPSA) is 67.2 Å². The molecule has 4 aromatic heterocycles. The molecule has 1 saturated heterocycles. The van der Waals surface area contributed by atoms with Crippen LogP contribution in [0.15, 0.2) is 48.1 Å². The van der Waals surface area contributed by atoms with Gasteiger partial charge in [-0.15, -0.1) is 22.7 Å². The lowest BCUT2D eigenvalue weighted by Crippen LogP contribution is -2.49. The molecular formula is C23H19ClN6OS2. The van der Waals surface area contributed by atoms with E-state index in [1.54, 1.807) is 17.7 Å². The van der Waals surface area contributed by atoms with Gasteiger partial charge in [-0.25, -0.2) is 14.6 Å². The summed E-state index contributed by atoms with van der Waals surface area (Å²) in [5.41, 5.74) is 1.79. The number of carbonyl (C=O) groups excluding carboxylic acids is 1. The van der Waals surface area contributed by atoms with Crippen LogP contribution in [0.2, 0.25) is 5.02 Å². The Morgan fingerprint density at radius 2 is 1.91 bits per heavy atom. The Kier molecular flexibility index (Phi) is 5.05. The number of benzene rings is 1. The second-order valence-corrected chi connectivity index (χ2v) is 10.3. The van der Waals surface area contributed by atoms with Gasteiger partial charge in [-0.3, -0.25) is 4.79 Å². The van der Waals surface area contributed by atoms with E-state index >= 15 is 0 Å². The van der Waals surface area contributed by atoms with Crippen LogP contribution in [0, 0.1) is 6.92 Å². The summed E-state index contributed by atoms with van der Waals surface area (Å²) in [6.07, 6.45) is 1.62. The number of carbonyl (C=O) groups is 1. The molecule has 1 fully saturated rings. The number of hydrogen-bond donors (Lipinski definition) is 0. The van der Waals surface area contributed by atoms with Crippen molar-refractivity contribution in [2.24, 2.45) is 0 Å². The van der Waals surface area contributed by atoms with Crippen molar-refractivity contribution in [3.05, 3.63) is 63.7 Å². The molecule has 0 saturated carbocycles. The largest absolute Gasteiger partial charge is 0.352 e. The Hall–Kier alpha value is -3.01. The highest BCUT2D eigenvalue weighted by atomic mass is 35.5. The van der Waals surface area contributed by atoms with Crippen LogP contribution in [0.3, 0.4) is 0 Å². The Morgan fingerprint density at radius 3 is 2.73 bits per heavy atom. The van der Waals surface area contributed by atoms with Crippen molar-refractivity contribution in [2.75, 3.05) is 31.1 Å². The zero-order valence-electron chi connectivity index (χ0n) is 17.7. The number of rotatable bonds is 3. The molecule has 10 heteroatoms. The predicted octanol–water partition coefficient (Wildman–Crippen LogP) is 5.02. The molecule has 1 aliphatic rings. The van der Waals surface area contributed by atoms with Crippen LogP contribution in [-0.2, 0) is 0 Å². The average Bonchev–Trinajstić information content (AvgIpc) is 3.55. The van der Waals surface area contributed by atoms with Crippen LogP contribution in [0.4, 0.5) is 5.82 Å². The minimum atomic E-state index is 0.0660.